The maximum Gasteiger partial charge on any atom is 0.150 e. The van der Waals surface area contributed by atoms with Crippen LogP contribution in [0.3, 0.4) is 0 Å². The van der Waals surface area contributed by atoms with Crippen molar-refractivity contribution >= 4 is 28.4 Å². The van der Waals surface area contributed by atoms with E-state index in [-0.39, 0.29) is 11.8 Å². The molecule has 0 spiro atoms. The molecule has 4 atom stereocenters. The van der Waals surface area contributed by atoms with Gasteiger partial charge >= 0.3 is 0 Å². The first-order valence-corrected chi connectivity index (χ1v) is 18.8. The van der Waals surface area contributed by atoms with Gasteiger partial charge in [0.15, 0.2) is 5.84 Å². The van der Waals surface area contributed by atoms with Crippen LogP contribution in [0.1, 0.15) is 84.3 Å². The minimum atomic E-state index is -0.613. The second-order valence-electron chi connectivity index (χ2n) is 14.7. The van der Waals surface area contributed by atoms with Gasteiger partial charge < -0.3 is 5.73 Å². The Morgan fingerprint density at radius 3 is 2.60 bits per heavy atom. The molecule has 0 amide bonds. The lowest BCUT2D eigenvalue weighted by Crippen LogP contribution is -2.43. The molecule has 3 heteroatoms. The molecule has 50 heavy (non-hydrogen) atoms. The molecule has 3 unspecified atom stereocenters. The molecule has 0 radical (unpaired) electrons. The number of hydrogen-bond donors (Lipinski definition) is 1. The standard InChI is InChI=1S/C47H55N3/c1-6-33(2)45-36(5)40(43-27-26-39(41-22-13-14-23-42(41)43)25-24-38-21-12-11-17-34(38)3)28-29-44(45)46(49-31-37-19-9-7-8-10-20-37)50-32-47(48)30-16-15-18-35(47)4/h7-9,11,13-20,22-23,26-29,32-33,36,45H,6,10,12,21,24-25,30-31,48H2,1-5H3/b49-46-,50-32+/t33-,36?,45?,47?/m0/s1. The lowest BCUT2D eigenvalue weighted by Gasteiger charge is -2.36. The Morgan fingerprint density at radius 1 is 0.960 bits per heavy atom. The van der Waals surface area contributed by atoms with Gasteiger partial charge in [0.05, 0.1) is 12.1 Å². The highest BCUT2D eigenvalue weighted by molar-refractivity contribution is 6.06. The second-order valence-corrected chi connectivity index (χ2v) is 14.7. The van der Waals surface area contributed by atoms with Crippen molar-refractivity contribution in [1.82, 2.24) is 0 Å². The summed E-state index contributed by atoms with van der Waals surface area (Å²) in [4.78, 5) is 10.4. The Bertz CT molecular complexity index is 1930. The number of nitrogens with two attached hydrogens (primary N) is 1. The van der Waals surface area contributed by atoms with E-state index in [1.807, 2.05) is 6.21 Å². The zero-order chi connectivity index (χ0) is 35.1. The number of nitrogens with zero attached hydrogens (tertiary/aromatic N) is 2. The molecule has 0 bridgehead atoms. The topological polar surface area (TPSA) is 50.7 Å². The Hall–Kier alpha value is -4.34. The fraction of sp³-hybridized carbons (Fsp3) is 0.362. The highest BCUT2D eigenvalue weighted by Gasteiger charge is 2.35. The third-order valence-corrected chi connectivity index (χ3v) is 11.5. The minimum Gasteiger partial charge on any atom is -0.317 e. The van der Waals surface area contributed by atoms with Gasteiger partial charge in [-0.25, -0.2) is 4.99 Å². The monoisotopic (exact) mass is 661 g/mol. The zero-order valence-electron chi connectivity index (χ0n) is 30.8. The first kappa shape index (κ1) is 35.5. The van der Waals surface area contributed by atoms with E-state index in [1.54, 1.807) is 5.57 Å². The van der Waals surface area contributed by atoms with Gasteiger partial charge in [-0.2, -0.15) is 0 Å². The molecule has 0 aliphatic heterocycles. The molecule has 0 aromatic heterocycles. The van der Waals surface area contributed by atoms with Gasteiger partial charge in [0, 0.05) is 11.8 Å². The summed E-state index contributed by atoms with van der Waals surface area (Å²) in [6, 6.07) is 13.8. The smallest absolute Gasteiger partial charge is 0.150 e. The maximum absolute atomic E-state index is 6.93. The van der Waals surface area contributed by atoms with Crippen molar-refractivity contribution in [3.05, 3.63) is 148 Å². The largest absolute Gasteiger partial charge is 0.317 e. The van der Waals surface area contributed by atoms with Crippen LogP contribution in [-0.4, -0.2) is 24.1 Å². The van der Waals surface area contributed by atoms with Crippen LogP contribution in [0, 0.1) is 17.8 Å². The van der Waals surface area contributed by atoms with Crippen LogP contribution in [-0.2, 0) is 6.42 Å². The van der Waals surface area contributed by atoms with E-state index < -0.39 is 5.54 Å². The number of aliphatic imine (C=N–C) groups is 2. The van der Waals surface area contributed by atoms with E-state index in [0.29, 0.717) is 12.5 Å². The van der Waals surface area contributed by atoms with Crippen molar-refractivity contribution in [1.29, 1.82) is 0 Å². The lowest BCUT2D eigenvalue weighted by atomic mass is 9.69. The van der Waals surface area contributed by atoms with Crippen molar-refractivity contribution in [2.45, 2.75) is 85.1 Å². The Kier molecular flexibility index (Phi) is 11.4. The van der Waals surface area contributed by atoms with Gasteiger partial charge in [0.25, 0.3) is 0 Å². The van der Waals surface area contributed by atoms with Crippen LogP contribution < -0.4 is 5.73 Å². The van der Waals surface area contributed by atoms with Gasteiger partial charge in [-0.05, 0) is 109 Å². The number of benzene rings is 2. The van der Waals surface area contributed by atoms with Crippen LogP contribution in [0.15, 0.2) is 147 Å². The zero-order valence-corrected chi connectivity index (χ0v) is 30.8. The Balaban J connectivity index is 1.40. The first-order chi connectivity index (χ1) is 24.3. The van der Waals surface area contributed by atoms with E-state index in [1.165, 1.54) is 50.6 Å². The number of amidine groups is 1. The summed E-state index contributed by atoms with van der Waals surface area (Å²) >= 11 is 0. The normalized spacial score (nSPS) is 24.7. The highest BCUT2D eigenvalue weighted by Crippen LogP contribution is 2.44. The lowest BCUT2D eigenvalue weighted by molar-refractivity contribution is 0.345. The average Bonchev–Trinajstić information content (AvgIpc) is 3.41. The van der Waals surface area contributed by atoms with E-state index in [4.69, 9.17) is 15.7 Å². The highest BCUT2D eigenvalue weighted by atomic mass is 14.9. The van der Waals surface area contributed by atoms with Crippen molar-refractivity contribution < 1.29 is 0 Å². The molecule has 4 aliphatic carbocycles. The summed E-state index contributed by atoms with van der Waals surface area (Å²) in [5, 5.41) is 2.73. The minimum absolute atomic E-state index is 0.264. The average molecular weight is 662 g/mol. The summed E-state index contributed by atoms with van der Waals surface area (Å²) in [6.07, 6.45) is 35.6. The van der Waals surface area contributed by atoms with Crippen LogP contribution in [0.4, 0.5) is 0 Å². The van der Waals surface area contributed by atoms with Crippen LogP contribution in [0.25, 0.3) is 16.3 Å². The summed E-state index contributed by atoms with van der Waals surface area (Å²) < 4.78 is 0. The van der Waals surface area contributed by atoms with Crippen molar-refractivity contribution in [3.8, 4) is 0 Å². The fourth-order valence-corrected chi connectivity index (χ4v) is 8.03. The second kappa shape index (κ2) is 16.1. The van der Waals surface area contributed by atoms with E-state index in [0.717, 1.165) is 49.9 Å². The molecular formula is C47H55N3. The quantitative estimate of drug-likeness (QED) is 0.200. The number of rotatable bonds is 10. The van der Waals surface area contributed by atoms with Crippen LogP contribution >= 0.6 is 0 Å². The van der Waals surface area contributed by atoms with Gasteiger partial charge in [-0.3, -0.25) is 4.99 Å². The van der Waals surface area contributed by atoms with E-state index in [2.05, 4.69) is 144 Å². The van der Waals surface area contributed by atoms with Crippen molar-refractivity contribution in [2.24, 2.45) is 33.5 Å². The number of aryl methyl sites for hydroxylation is 1. The van der Waals surface area contributed by atoms with E-state index >= 15 is 0 Å². The molecule has 0 saturated heterocycles. The molecule has 2 N–H and O–H groups in total. The third-order valence-electron chi connectivity index (χ3n) is 11.5. The van der Waals surface area contributed by atoms with Crippen LogP contribution in [0.5, 0.6) is 0 Å². The molecule has 0 saturated carbocycles. The number of hydrogen-bond acceptors (Lipinski definition) is 2. The number of fused-ring (bicyclic) bond motifs is 1. The van der Waals surface area contributed by atoms with Gasteiger partial charge in [-0.1, -0.05) is 148 Å². The summed E-state index contributed by atoms with van der Waals surface area (Å²) in [6.45, 7) is 12.1. The molecular weight excluding hydrogens is 607 g/mol. The molecule has 6 rings (SSSR count). The molecule has 0 heterocycles. The van der Waals surface area contributed by atoms with Gasteiger partial charge in [-0.15, -0.1) is 0 Å². The Morgan fingerprint density at radius 2 is 1.80 bits per heavy atom. The predicted octanol–water partition coefficient (Wildman–Crippen LogP) is 11.6. The first-order valence-electron chi connectivity index (χ1n) is 18.8. The number of allylic oxidation sites excluding steroid dienone is 13. The van der Waals surface area contributed by atoms with Crippen molar-refractivity contribution in [2.75, 3.05) is 6.54 Å². The SMILES string of the molecule is CC[C@H](C)C1C(C(=N/CC2=CCC=CC=C2)/N=C/C2(N)CC=CC=C2C)=CC=C(c2ccc(CCC3=C(C)C=CCC3)c3ccccc23)C1C. The molecule has 4 aliphatic rings. The molecule has 0 fully saturated rings. The molecule has 258 valence electrons. The summed E-state index contributed by atoms with van der Waals surface area (Å²) in [5.41, 5.74) is 17.1. The van der Waals surface area contributed by atoms with Crippen LogP contribution in [0.2, 0.25) is 0 Å². The van der Waals surface area contributed by atoms with Gasteiger partial charge in [0.1, 0.15) is 0 Å². The fourth-order valence-electron chi connectivity index (χ4n) is 8.03. The maximum atomic E-state index is 6.93. The van der Waals surface area contributed by atoms with Gasteiger partial charge in [0.2, 0.25) is 0 Å². The molecule has 2 aromatic carbocycles. The predicted molar refractivity (Wildman–Crippen MR) is 218 cm³/mol. The summed E-state index contributed by atoms with van der Waals surface area (Å²) in [7, 11) is 0. The van der Waals surface area contributed by atoms with Crippen molar-refractivity contribution in [3.63, 3.8) is 0 Å². The molecule has 3 nitrogen and oxygen atoms in total. The third kappa shape index (κ3) is 7.84. The molecule has 2 aromatic rings. The summed E-state index contributed by atoms with van der Waals surface area (Å²) in [5.74, 6) is 1.80. The van der Waals surface area contributed by atoms with E-state index in [9.17, 15) is 0 Å². The Labute approximate surface area is 301 Å².